The molecule has 1 aromatic heterocycles. The van der Waals surface area contributed by atoms with Crippen LogP contribution in [0.1, 0.15) is 23.9 Å². The van der Waals surface area contributed by atoms with E-state index >= 15 is 0 Å². The zero-order valence-corrected chi connectivity index (χ0v) is 10.3. The van der Waals surface area contributed by atoms with Crippen LogP contribution in [-0.2, 0) is 6.42 Å². The third-order valence-electron chi connectivity index (χ3n) is 2.41. The molecule has 0 unspecified atom stereocenters. The van der Waals surface area contributed by atoms with Gasteiger partial charge >= 0.3 is 0 Å². The van der Waals surface area contributed by atoms with Crippen LogP contribution in [0.3, 0.4) is 0 Å². The smallest absolute Gasteiger partial charge is 0.202 e. The number of nitrogens with zero attached hydrogens (tertiary/aromatic N) is 2. The van der Waals surface area contributed by atoms with Crippen LogP contribution < -0.4 is 5.32 Å². The van der Waals surface area contributed by atoms with Gasteiger partial charge in [-0.05, 0) is 25.0 Å². The van der Waals surface area contributed by atoms with Gasteiger partial charge in [-0.3, -0.25) is 0 Å². The Kier molecular flexibility index (Phi) is 3.51. The number of anilines is 1. The lowest BCUT2D eigenvalue weighted by Crippen LogP contribution is -1.97. The van der Waals surface area contributed by atoms with Crippen LogP contribution in [0.4, 0.5) is 5.13 Å². The fraction of sp³-hybridized carbons (Fsp3) is 0.333. The fourth-order valence-corrected chi connectivity index (χ4v) is 2.18. The third-order valence-corrected chi connectivity index (χ3v) is 3.12. The lowest BCUT2D eigenvalue weighted by atomic mass is 10.1. The van der Waals surface area contributed by atoms with E-state index in [0.717, 1.165) is 23.9 Å². The van der Waals surface area contributed by atoms with Gasteiger partial charge in [0.25, 0.3) is 0 Å². The molecule has 0 spiro atoms. The molecule has 16 heavy (non-hydrogen) atoms. The molecule has 0 amide bonds. The van der Waals surface area contributed by atoms with Crippen molar-refractivity contribution >= 4 is 16.7 Å². The van der Waals surface area contributed by atoms with Gasteiger partial charge in [-0.2, -0.15) is 4.37 Å². The molecule has 0 saturated carbocycles. The molecule has 0 fully saturated rings. The average molecular weight is 233 g/mol. The van der Waals surface area contributed by atoms with E-state index < -0.39 is 0 Å². The molecule has 1 heterocycles. The predicted molar refractivity (Wildman–Crippen MR) is 68.1 cm³/mol. The topological polar surface area (TPSA) is 37.8 Å². The zero-order chi connectivity index (χ0) is 11.4. The molecule has 1 aromatic carbocycles. The summed E-state index contributed by atoms with van der Waals surface area (Å²) in [5, 5.41) is 4.08. The molecule has 0 bridgehead atoms. The van der Waals surface area contributed by atoms with Gasteiger partial charge in [0.15, 0.2) is 0 Å². The molecule has 84 valence electrons. The second kappa shape index (κ2) is 5.07. The summed E-state index contributed by atoms with van der Waals surface area (Å²) >= 11 is 1.43. The quantitative estimate of drug-likeness (QED) is 0.882. The standard InChI is InChI=1S/C12H15N3S/c1-3-13-12-14-11(15-16-12)8-10-7-5-4-6-9(10)2/h4-7H,3,8H2,1-2H3,(H,13,14,15). The Labute approximate surface area is 99.7 Å². The summed E-state index contributed by atoms with van der Waals surface area (Å²) in [6.45, 7) is 5.06. The Morgan fingerprint density at radius 1 is 1.31 bits per heavy atom. The van der Waals surface area contributed by atoms with Gasteiger partial charge in [-0.1, -0.05) is 24.3 Å². The highest BCUT2D eigenvalue weighted by Gasteiger charge is 2.05. The van der Waals surface area contributed by atoms with Crippen LogP contribution in [0.25, 0.3) is 0 Å². The average Bonchev–Trinajstić information content (AvgIpc) is 2.70. The van der Waals surface area contributed by atoms with Crippen LogP contribution in [0.2, 0.25) is 0 Å². The van der Waals surface area contributed by atoms with Crippen LogP contribution in [0.15, 0.2) is 24.3 Å². The molecular weight excluding hydrogens is 218 g/mol. The van der Waals surface area contributed by atoms with Crippen molar-refractivity contribution in [2.75, 3.05) is 11.9 Å². The van der Waals surface area contributed by atoms with Crippen LogP contribution in [0.5, 0.6) is 0 Å². The van der Waals surface area contributed by atoms with E-state index in [-0.39, 0.29) is 0 Å². The Hall–Kier alpha value is -1.42. The summed E-state index contributed by atoms with van der Waals surface area (Å²) < 4.78 is 4.34. The maximum atomic E-state index is 4.43. The minimum atomic E-state index is 0.814. The summed E-state index contributed by atoms with van der Waals surface area (Å²) in [6.07, 6.45) is 0.814. The van der Waals surface area contributed by atoms with E-state index in [9.17, 15) is 0 Å². The number of nitrogens with one attached hydrogen (secondary N) is 1. The minimum Gasteiger partial charge on any atom is -0.361 e. The van der Waals surface area contributed by atoms with Crippen LogP contribution in [0, 0.1) is 6.92 Å². The molecule has 2 aromatic rings. The van der Waals surface area contributed by atoms with Crippen molar-refractivity contribution in [1.29, 1.82) is 0 Å². The molecule has 0 aliphatic carbocycles. The summed E-state index contributed by atoms with van der Waals surface area (Å²) in [7, 11) is 0. The highest BCUT2D eigenvalue weighted by Crippen LogP contribution is 2.15. The maximum Gasteiger partial charge on any atom is 0.202 e. The Bertz CT molecular complexity index is 465. The number of hydrogen-bond donors (Lipinski definition) is 1. The Morgan fingerprint density at radius 2 is 2.12 bits per heavy atom. The molecule has 0 aliphatic rings. The van der Waals surface area contributed by atoms with E-state index in [2.05, 4.69) is 52.8 Å². The van der Waals surface area contributed by atoms with Gasteiger partial charge < -0.3 is 5.32 Å². The van der Waals surface area contributed by atoms with E-state index in [1.54, 1.807) is 0 Å². The number of aryl methyl sites for hydroxylation is 1. The Balaban J connectivity index is 2.11. The first-order valence-corrected chi connectivity index (χ1v) is 6.18. The van der Waals surface area contributed by atoms with Gasteiger partial charge in [0.05, 0.1) is 0 Å². The monoisotopic (exact) mass is 233 g/mol. The highest BCUT2D eigenvalue weighted by molar-refractivity contribution is 7.09. The first kappa shape index (κ1) is 11.1. The lowest BCUT2D eigenvalue weighted by Gasteiger charge is -2.01. The molecule has 0 radical (unpaired) electrons. The van der Waals surface area contributed by atoms with Crippen molar-refractivity contribution in [2.45, 2.75) is 20.3 Å². The lowest BCUT2D eigenvalue weighted by molar-refractivity contribution is 1.02. The van der Waals surface area contributed by atoms with E-state index in [4.69, 9.17) is 0 Å². The summed E-state index contributed by atoms with van der Waals surface area (Å²) in [5.74, 6) is 0.898. The van der Waals surface area contributed by atoms with E-state index in [1.807, 2.05) is 0 Å². The third kappa shape index (κ3) is 2.58. The van der Waals surface area contributed by atoms with Crippen LogP contribution in [-0.4, -0.2) is 15.9 Å². The normalized spacial score (nSPS) is 10.4. The molecule has 3 nitrogen and oxygen atoms in total. The SMILES string of the molecule is CCNc1nc(Cc2ccccc2C)ns1. The maximum absolute atomic E-state index is 4.43. The number of aromatic nitrogens is 2. The fourth-order valence-electron chi connectivity index (χ4n) is 1.53. The molecule has 4 heteroatoms. The summed E-state index contributed by atoms with van der Waals surface area (Å²) in [5.41, 5.74) is 2.59. The van der Waals surface area contributed by atoms with Crippen molar-refractivity contribution < 1.29 is 0 Å². The predicted octanol–water partition coefficient (Wildman–Crippen LogP) is 2.87. The first-order valence-electron chi connectivity index (χ1n) is 5.40. The number of rotatable bonds is 4. The number of hydrogen-bond acceptors (Lipinski definition) is 4. The van der Waals surface area contributed by atoms with E-state index in [1.165, 1.54) is 22.7 Å². The van der Waals surface area contributed by atoms with Crippen molar-refractivity contribution in [3.63, 3.8) is 0 Å². The second-order valence-electron chi connectivity index (χ2n) is 3.65. The van der Waals surface area contributed by atoms with Crippen molar-refractivity contribution in [1.82, 2.24) is 9.36 Å². The van der Waals surface area contributed by atoms with Gasteiger partial charge in [0.2, 0.25) is 5.13 Å². The van der Waals surface area contributed by atoms with Crippen molar-refractivity contribution in [2.24, 2.45) is 0 Å². The molecule has 0 saturated heterocycles. The van der Waals surface area contributed by atoms with Crippen molar-refractivity contribution in [3.8, 4) is 0 Å². The largest absolute Gasteiger partial charge is 0.361 e. The minimum absolute atomic E-state index is 0.814. The highest BCUT2D eigenvalue weighted by atomic mass is 32.1. The van der Waals surface area contributed by atoms with Gasteiger partial charge in [0.1, 0.15) is 5.82 Å². The first-order chi connectivity index (χ1) is 7.79. The second-order valence-corrected chi connectivity index (χ2v) is 4.40. The summed E-state index contributed by atoms with van der Waals surface area (Å²) in [4.78, 5) is 4.43. The van der Waals surface area contributed by atoms with E-state index in [0.29, 0.717) is 0 Å². The summed E-state index contributed by atoms with van der Waals surface area (Å²) in [6, 6.07) is 8.35. The Morgan fingerprint density at radius 3 is 2.88 bits per heavy atom. The van der Waals surface area contributed by atoms with Gasteiger partial charge in [-0.15, -0.1) is 0 Å². The van der Waals surface area contributed by atoms with Crippen LogP contribution >= 0.6 is 11.5 Å². The molecule has 2 rings (SSSR count). The van der Waals surface area contributed by atoms with Gasteiger partial charge in [0, 0.05) is 24.5 Å². The van der Waals surface area contributed by atoms with Gasteiger partial charge in [-0.25, -0.2) is 4.98 Å². The molecule has 0 atom stereocenters. The molecular formula is C12H15N3S. The van der Waals surface area contributed by atoms with Crippen molar-refractivity contribution in [3.05, 3.63) is 41.2 Å². The zero-order valence-electron chi connectivity index (χ0n) is 9.53. The molecule has 0 aliphatic heterocycles. The molecule has 1 N–H and O–H groups in total. The number of benzene rings is 1.